The number of halogens is 1. The van der Waals surface area contributed by atoms with E-state index in [0.29, 0.717) is 0 Å². The van der Waals surface area contributed by atoms with E-state index in [1.54, 1.807) is 0 Å². The molecule has 17 heavy (non-hydrogen) atoms. The molecule has 1 aromatic carbocycles. The Bertz CT molecular complexity index is 315. The van der Waals surface area contributed by atoms with Crippen molar-refractivity contribution >= 4 is 20.1 Å². The van der Waals surface area contributed by atoms with Gasteiger partial charge in [0.2, 0.25) is 0 Å². The molecular weight excluding hydrogens is 321 g/mol. The Morgan fingerprint density at radius 3 is 2.35 bits per heavy atom. The fraction of sp³-hybridized carbons (Fsp3) is 0.600. The van der Waals surface area contributed by atoms with E-state index in [4.69, 9.17) is 0 Å². The number of alkyl halides is 2. The van der Waals surface area contributed by atoms with Crippen LogP contribution >= 0.6 is 20.1 Å². The average Bonchev–Trinajstić information content (AvgIpc) is 2.38. The van der Waals surface area contributed by atoms with Crippen LogP contribution in [0.3, 0.4) is 0 Å². The van der Waals surface area contributed by atoms with Crippen molar-refractivity contribution in [3.8, 4) is 0 Å². The second kappa shape index (κ2) is 6.74. The molecule has 1 aliphatic heterocycles. The third-order valence-corrected chi connectivity index (χ3v) is 7.42. The van der Waals surface area contributed by atoms with E-state index >= 15 is 0 Å². The van der Waals surface area contributed by atoms with Gasteiger partial charge in [-0.05, 0) is 0 Å². The van der Waals surface area contributed by atoms with E-state index < -0.39 is 20.1 Å². The Morgan fingerprint density at radius 2 is 1.76 bits per heavy atom. The van der Waals surface area contributed by atoms with Gasteiger partial charge in [-0.1, -0.05) is 0 Å². The third kappa shape index (κ3) is 4.25. The van der Waals surface area contributed by atoms with Crippen molar-refractivity contribution in [3.63, 3.8) is 0 Å². The maximum atomic E-state index is 2.77. The van der Waals surface area contributed by atoms with Gasteiger partial charge in [-0.15, -0.1) is 0 Å². The second-order valence-electron chi connectivity index (χ2n) is 5.09. The van der Waals surface area contributed by atoms with Crippen LogP contribution in [0.4, 0.5) is 0 Å². The molecule has 0 spiro atoms. The topological polar surface area (TPSA) is 3.24 Å². The molecule has 1 heterocycles. The van der Waals surface area contributed by atoms with E-state index in [2.05, 4.69) is 43.3 Å². The van der Waals surface area contributed by atoms with Gasteiger partial charge in [0.15, 0.2) is 0 Å². The molecule has 2 rings (SSSR count). The zero-order chi connectivity index (χ0) is 12.1. The van der Waals surface area contributed by atoms with Gasteiger partial charge in [-0.25, -0.2) is 0 Å². The second-order valence-corrected chi connectivity index (χ2v) is 10.5. The van der Waals surface area contributed by atoms with E-state index in [1.165, 1.54) is 44.3 Å². The van der Waals surface area contributed by atoms with Crippen molar-refractivity contribution in [1.82, 2.24) is 3.11 Å². The molecule has 0 radical (unpaired) electrons. The molecular formula is C15H24IN. The quantitative estimate of drug-likeness (QED) is 0.453. The first kappa shape index (κ1) is 13.3. The van der Waals surface area contributed by atoms with Gasteiger partial charge < -0.3 is 0 Å². The van der Waals surface area contributed by atoms with E-state index in [9.17, 15) is 0 Å². The summed E-state index contributed by atoms with van der Waals surface area (Å²) >= 11 is -0.686. The van der Waals surface area contributed by atoms with Gasteiger partial charge in [-0.2, -0.15) is 0 Å². The summed E-state index contributed by atoms with van der Waals surface area (Å²) in [5, 5.41) is 0. The molecule has 96 valence electrons. The van der Waals surface area contributed by atoms with Crippen LogP contribution in [0.5, 0.6) is 0 Å². The first-order valence-corrected chi connectivity index (χ1v) is 11.8. The molecule has 2 heteroatoms. The molecule has 0 aromatic heterocycles. The third-order valence-electron chi connectivity index (χ3n) is 3.72. The molecule has 1 nitrogen and oxygen atoms in total. The van der Waals surface area contributed by atoms with Crippen molar-refractivity contribution in [2.75, 3.05) is 23.0 Å². The Hall–Kier alpha value is -0.0900. The van der Waals surface area contributed by atoms with Crippen molar-refractivity contribution < 1.29 is 0 Å². The summed E-state index contributed by atoms with van der Waals surface area (Å²) in [7, 11) is 0. The Kier molecular flexibility index (Phi) is 5.29. The minimum atomic E-state index is -0.686. The SMILES string of the molecule is CI(C)N1CCC(CCc2ccccc2)CC1. The zero-order valence-corrected chi connectivity index (χ0v) is 13.2. The molecule has 0 amide bonds. The molecule has 0 unspecified atom stereocenters. The number of hydrogen-bond acceptors (Lipinski definition) is 1. The Labute approximate surface area is 113 Å². The number of benzene rings is 1. The van der Waals surface area contributed by atoms with Crippen molar-refractivity contribution in [2.45, 2.75) is 25.7 Å². The maximum absolute atomic E-state index is 2.77. The average molecular weight is 345 g/mol. The molecule has 1 fully saturated rings. The molecule has 1 saturated heterocycles. The van der Waals surface area contributed by atoms with Gasteiger partial charge in [0.25, 0.3) is 0 Å². The summed E-state index contributed by atoms with van der Waals surface area (Å²) in [4.78, 5) is 4.93. The van der Waals surface area contributed by atoms with Gasteiger partial charge in [-0.3, -0.25) is 0 Å². The van der Waals surface area contributed by atoms with Gasteiger partial charge in [0.1, 0.15) is 0 Å². The van der Waals surface area contributed by atoms with Crippen LogP contribution < -0.4 is 0 Å². The molecule has 0 N–H and O–H groups in total. The van der Waals surface area contributed by atoms with Crippen molar-refractivity contribution in [2.24, 2.45) is 5.92 Å². The zero-order valence-electron chi connectivity index (χ0n) is 11.0. The normalized spacial score (nSPS) is 19.3. The summed E-state index contributed by atoms with van der Waals surface area (Å²) in [6.07, 6.45) is 5.52. The molecule has 1 aromatic rings. The van der Waals surface area contributed by atoms with E-state index in [-0.39, 0.29) is 0 Å². The summed E-state index contributed by atoms with van der Waals surface area (Å²) in [6.45, 7) is 2.74. The van der Waals surface area contributed by atoms with E-state index in [1.807, 2.05) is 0 Å². The number of rotatable bonds is 4. The molecule has 0 aliphatic carbocycles. The molecule has 0 bridgehead atoms. The van der Waals surface area contributed by atoms with Gasteiger partial charge in [0.05, 0.1) is 0 Å². The van der Waals surface area contributed by atoms with Gasteiger partial charge in [0, 0.05) is 0 Å². The standard InChI is InChI=1S/C15H24IN/c1-16(2)17-12-10-15(11-13-17)9-8-14-6-4-3-5-7-14/h3-7,15H,8-13H2,1-2H3. The summed E-state index contributed by atoms with van der Waals surface area (Å²) in [5.74, 6) is 0.974. The Morgan fingerprint density at radius 1 is 1.12 bits per heavy atom. The van der Waals surface area contributed by atoms with Crippen LogP contribution in [-0.2, 0) is 6.42 Å². The fourth-order valence-electron chi connectivity index (χ4n) is 2.54. The van der Waals surface area contributed by atoms with Crippen molar-refractivity contribution in [3.05, 3.63) is 35.9 Å². The summed E-state index contributed by atoms with van der Waals surface area (Å²) in [6, 6.07) is 10.9. The Balaban J connectivity index is 1.72. The number of nitrogens with zero attached hydrogens (tertiary/aromatic N) is 1. The number of hydrogen-bond donors (Lipinski definition) is 0. The van der Waals surface area contributed by atoms with Crippen LogP contribution in [0.25, 0.3) is 0 Å². The summed E-state index contributed by atoms with van der Waals surface area (Å²) < 4.78 is 2.77. The van der Waals surface area contributed by atoms with E-state index in [0.717, 1.165) is 5.92 Å². The minimum absolute atomic E-state index is 0.686. The molecule has 1 aliphatic rings. The van der Waals surface area contributed by atoms with Crippen molar-refractivity contribution in [1.29, 1.82) is 0 Å². The van der Waals surface area contributed by atoms with Gasteiger partial charge >= 0.3 is 114 Å². The summed E-state index contributed by atoms with van der Waals surface area (Å²) in [5.41, 5.74) is 1.51. The number of aryl methyl sites for hydroxylation is 1. The molecule has 0 saturated carbocycles. The predicted molar refractivity (Wildman–Crippen MR) is 84.9 cm³/mol. The monoisotopic (exact) mass is 345 g/mol. The van der Waals surface area contributed by atoms with Crippen LogP contribution in [0.1, 0.15) is 24.8 Å². The van der Waals surface area contributed by atoms with Crippen LogP contribution in [0.2, 0.25) is 0 Å². The predicted octanol–water partition coefficient (Wildman–Crippen LogP) is 4.01. The molecule has 0 atom stereocenters. The first-order valence-electron chi connectivity index (χ1n) is 6.55. The van der Waals surface area contributed by atoms with Crippen LogP contribution in [-0.4, -0.2) is 26.1 Å². The number of piperidine rings is 1. The first-order chi connectivity index (χ1) is 8.25. The van der Waals surface area contributed by atoms with Crippen LogP contribution in [0.15, 0.2) is 30.3 Å². The fourth-order valence-corrected chi connectivity index (χ4v) is 5.03. The van der Waals surface area contributed by atoms with Crippen LogP contribution in [0, 0.1) is 5.92 Å².